The molecule has 2 amide bonds. The van der Waals surface area contributed by atoms with E-state index in [9.17, 15) is 14.4 Å². The van der Waals surface area contributed by atoms with Crippen LogP contribution in [0.5, 0.6) is 5.75 Å². The highest BCUT2D eigenvalue weighted by Gasteiger charge is 2.32. The van der Waals surface area contributed by atoms with Gasteiger partial charge in [-0.1, -0.05) is 6.92 Å². The molecule has 1 unspecified atom stereocenters. The van der Waals surface area contributed by atoms with Crippen LogP contribution in [0, 0.1) is 0 Å². The number of benzene rings is 1. The fourth-order valence-corrected chi connectivity index (χ4v) is 2.27. The predicted octanol–water partition coefficient (Wildman–Crippen LogP) is 1.27. The van der Waals surface area contributed by atoms with Gasteiger partial charge in [0, 0.05) is 12.0 Å². The third-order valence-corrected chi connectivity index (χ3v) is 3.28. The minimum atomic E-state index is -0.686. The molecule has 0 bridgehead atoms. The van der Waals surface area contributed by atoms with E-state index in [0.717, 1.165) is 6.42 Å². The topological polar surface area (TPSA) is 89.7 Å². The summed E-state index contributed by atoms with van der Waals surface area (Å²) in [5, 5.41) is 0. The van der Waals surface area contributed by atoms with E-state index in [4.69, 9.17) is 10.5 Å². The molecule has 0 spiro atoms. The van der Waals surface area contributed by atoms with Gasteiger partial charge in [-0.05, 0) is 31.5 Å². The maximum absolute atomic E-state index is 12.1. The van der Waals surface area contributed by atoms with Crippen molar-refractivity contribution in [3.8, 4) is 5.75 Å². The SMILES string of the molecule is CCCC(=O)c1ccc2c(c1)N(CC(N)=O)C(=O)C(C)O2. The molecule has 6 nitrogen and oxygen atoms in total. The molecule has 2 rings (SSSR count). The van der Waals surface area contributed by atoms with Crippen molar-refractivity contribution in [2.24, 2.45) is 5.73 Å². The van der Waals surface area contributed by atoms with Crippen molar-refractivity contribution in [3.63, 3.8) is 0 Å². The normalized spacial score (nSPS) is 17.1. The molecule has 0 saturated carbocycles. The molecule has 1 heterocycles. The Morgan fingerprint density at radius 1 is 1.38 bits per heavy atom. The predicted molar refractivity (Wildman–Crippen MR) is 77.3 cm³/mol. The lowest BCUT2D eigenvalue weighted by Crippen LogP contribution is -2.48. The van der Waals surface area contributed by atoms with Gasteiger partial charge in [0.2, 0.25) is 5.91 Å². The fourth-order valence-electron chi connectivity index (χ4n) is 2.27. The van der Waals surface area contributed by atoms with Gasteiger partial charge < -0.3 is 10.5 Å². The zero-order valence-corrected chi connectivity index (χ0v) is 12.1. The number of carbonyl (C=O) groups is 3. The molecule has 0 fully saturated rings. The summed E-state index contributed by atoms with van der Waals surface area (Å²) in [5.74, 6) is -0.503. The molecular weight excluding hydrogens is 272 g/mol. The number of amides is 2. The summed E-state index contributed by atoms with van der Waals surface area (Å²) < 4.78 is 5.50. The molecule has 0 radical (unpaired) electrons. The Bertz CT molecular complexity index is 597. The molecule has 6 heteroatoms. The second-order valence-electron chi connectivity index (χ2n) is 5.01. The lowest BCUT2D eigenvalue weighted by Gasteiger charge is -2.32. The number of ketones is 1. The van der Waals surface area contributed by atoms with E-state index >= 15 is 0 Å². The summed E-state index contributed by atoms with van der Waals surface area (Å²) in [6.07, 6.45) is 0.488. The third kappa shape index (κ3) is 3.04. The number of hydrogen-bond donors (Lipinski definition) is 1. The number of ether oxygens (including phenoxy) is 1. The van der Waals surface area contributed by atoms with E-state index in [1.165, 1.54) is 4.90 Å². The van der Waals surface area contributed by atoms with Crippen molar-refractivity contribution in [2.45, 2.75) is 32.8 Å². The Balaban J connectivity index is 2.42. The second-order valence-corrected chi connectivity index (χ2v) is 5.01. The number of hydrogen-bond acceptors (Lipinski definition) is 4. The van der Waals surface area contributed by atoms with Gasteiger partial charge in [0.1, 0.15) is 12.3 Å². The van der Waals surface area contributed by atoms with Crippen molar-refractivity contribution in [3.05, 3.63) is 23.8 Å². The van der Waals surface area contributed by atoms with Crippen LogP contribution in [0.3, 0.4) is 0 Å². The van der Waals surface area contributed by atoms with Crippen molar-refractivity contribution < 1.29 is 19.1 Å². The highest BCUT2D eigenvalue weighted by molar-refractivity contribution is 6.05. The van der Waals surface area contributed by atoms with Gasteiger partial charge in [-0.3, -0.25) is 19.3 Å². The maximum Gasteiger partial charge on any atom is 0.268 e. The number of primary amides is 1. The van der Waals surface area contributed by atoms with Crippen molar-refractivity contribution >= 4 is 23.3 Å². The van der Waals surface area contributed by atoms with Crippen LogP contribution < -0.4 is 15.4 Å². The van der Waals surface area contributed by atoms with E-state index in [2.05, 4.69) is 0 Å². The van der Waals surface area contributed by atoms with Crippen LogP contribution in [0.15, 0.2) is 18.2 Å². The van der Waals surface area contributed by atoms with Crippen LogP contribution in [0.25, 0.3) is 0 Å². The van der Waals surface area contributed by atoms with E-state index in [0.29, 0.717) is 23.4 Å². The number of Topliss-reactive ketones (excluding diaryl/α,β-unsaturated/α-hetero) is 1. The molecule has 1 atom stereocenters. The molecule has 1 aromatic carbocycles. The average molecular weight is 290 g/mol. The first kappa shape index (κ1) is 15.0. The van der Waals surface area contributed by atoms with Gasteiger partial charge in [0.25, 0.3) is 5.91 Å². The lowest BCUT2D eigenvalue weighted by atomic mass is 10.0. The van der Waals surface area contributed by atoms with Gasteiger partial charge in [-0.2, -0.15) is 0 Å². The number of carbonyl (C=O) groups excluding carboxylic acids is 3. The summed E-state index contributed by atoms with van der Waals surface area (Å²) in [7, 11) is 0. The number of nitrogens with zero attached hydrogens (tertiary/aromatic N) is 1. The molecule has 112 valence electrons. The van der Waals surface area contributed by atoms with E-state index < -0.39 is 12.0 Å². The summed E-state index contributed by atoms with van der Waals surface area (Å²) >= 11 is 0. The molecule has 0 saturated heterocycles. The van der Waals surface area contributed by atoms with Crippen molar-refractivity contribution in [1.29, 1.82) is 0 Å². The molecule has 21 heavy (non-hydrogen) atoms. The fraction of sp³-hybridized carbons (Fsp3) is 0.400. The Labute approximate surface area is 122 Å². The van der Waals surface area contributed by atoms with Crippen molar-refractivity contribution in [1.82, 2.24) is 0 Å². The maximum atomic E-state index is 12.1. The standard InChI is InChI=1S/C15H18N2O4/c1-3-4-12(18)10-5-6-13-11(7-10)17(8-14(16)19)15(20)9(2)21-13/h5-7,9H,3-4,8H2,1-2H3,(H2,16,19). The minimum Gasteiger partial charge on any atom is -0.479 e. The van der Waals surface area contributed by atoms with Gasteiger partial charge in [0.15, 0.2) is 11.9 Å². The minimum absolute atomic E-state index is 0.00889. The van der Waals surface area contributed by atoms with Crippen LogP contribution in [-0.2, 0) is 9.59 Å². The van der Waals surface area contributed by atoms with E-state index in [1.54, 1.807) is 25.1 Å². The van der Waals surface area contributed by atoms with Crippen LogP contribution >= 0.6 is 0 Å². The Hall–Kier alpha value is -2.37. The Kier molecular flexibility index (Phi) is 4.26. The molecule has 1 aromatic rings. The molecule has 0 aliphatic carbocycles. The molecular formula is C15H18N2O4. The molecule has 1 aliphatic rings. The zero-order valence-electron chi connectivity index (χ0n) is 12.1. The number of anilines is 1. The van der Waals surface area contributed by atoms with E-state index in [-0.39, 0.29) is 18.2 Å². The Morgan fingerprint density at radius 2 is 2.10 bits per heavy atom. The van der Waals surface area contributed by atoms with Gasteiger partial charge >= 0.3 is 0 Å². The zero-order chi connectivity index (χ0) is 15.6. The summed E-state index contributed by atoms with van der Waals surface area (Å²) in [4.78, 5) is 36.6. The van der Waals surface area contributed by atoms with Gasteiger partial charge in [-0.25, -0.2) is 0 Å². The first-order chi connectivity index (χ1) is 9.93. The van der Waals surface area contributed by atoms with Gasteiger partial charge in [0.05, 0.1) is 5.69 Å². The number of rotatable bonds is 5. The third-order valence-electron chi connectivity index (χ3n) is 3.28. The van der Waals surface area contributed by atoms with E-state index in [1.807, 2.05) is 6.92 Å². The monoisotopic (exact) mass is 290 g/mol. The quantitative estimate of drug-likeness (QED) is 0.827. The van der Waals surface area contributed by atoms with Crippen LogP contribution in [0.4, 0.5) is 5.69 Å². The Morgan fingerprint density at radius 3 is 2.71 bits per heavy atom. The van der Waals surface area contributed by atoms with Crippen LogP contribution in [-0.4, -0.2) is 30.2 Å². The number of fused-ring (bicyclic) bond motifs is 1. The molecule has 0 aromatic heterocycles. The van der Waals surface area contributed by atoms with Crippen LogP contribution in [0.1, 0.15) is 37.0 Å². The largest absolute Gasteiger partial charge is 0.479 e. The highest BCUT2D eigenvalue weighted by atomic mass is 16.5. The smallest absolute Gasteiger partial charge is 0.268 e. The second kappa shape index (κ2) is 5.95. The summed E-state index contributed by atoms with van der Waals surface area (Å²) in [5.41, 5.74) is 6.10. The first-order valence-electron chi connectivity index (χ1n) is 6.87. The van der Waals surface area contributed by atoms with Crippen molar-refractivity contribution in [2.75, 3.05) is 11.4 Å². The average Bonchev–Trinajstić information content (AvgIpc) is 2.43. The van der Waals surface area contributed by atoms with Crippen LogP contribution in [0.2, 0.25) is 0 Å². The molecule has 1 aliphatic heterocycles. The first-order valence-corrected chi connectivity index (χ1v) is 6.87. The summed E-state index contributed by atoms with van der Waals surface area (Å²) in [6.45, 7) is 3.30. The highest BCUT2D eigenvalue weighted by Crippen LogP contribution is 2.35. The number of nitrogens with two attached hydrogens (primary N) is 1. The summed E-state index contributed by atoms with van der Waals surface area (Å²) in [6, 6.07) is 4.90. The lowest BCUT2D eigenvalue weighted by molar-refractivity contribution is -0.127. The van der Waals surface area contributed by atoms with Gasteiger partial charge in [-0.15, -0.1) is 0 Å². The molecule has 2 N–H and O–H groups in total.